The molecule has 0 spiro atoms. The Morgan fingerprint density at radius 3 is 2.46 bits per heavy atom. The Balaban J connectivity index is 1.62. The first-order valence-electron chi connectivity index (χ1n) is 7.89. The molecule has 1 aliphatic rings. The molecule has 5 nitrogen and oxygen atoms in total. The molecule has 1 heterocycles. The molecule has 1 atom stereocenters. The number of nitrogens with one attached hydrogen (secondary N) is 1. The van der Waals surface area contributed by atoms with Crippen molar-refractivity contribution < 1.29 is 19.0 Å². The van der Waals surface area contributed by atoms with Crippen LogP contribution in [0.4, 0.5) is 0 Å². The van der Waals surface area contributed by atoms with Crippen molar-refractivity contribution in [2.45, 2.75) is 19.1 Å². The van der Waals surface area contributed by atoms with Gasteiger partial charge in [0.15, 0.2) is 0 Å². The molecular weight excluding hydrogens is 306 g/mol. The molecule has 0 aliphatic carbocycles. The first kappa shape index (κ1) is 16.3. The normalized spacial score (nSPS) is 16.2. The van der Waals surface area contributed by atoms with Gasteiger partial charge in [-0.1, -0.05) is 24.3 Å². The molecule has 1 aliphatic heterocycles. The number of methoxy groups -OCH3 is 2. The summed E-state index contributed by atoms with van der Waals surface area (Å²) >= 11 is 0. The fourth-order valence-corrected chi connectivity index (χ4v) is 2.79. The van der Waals surface area contributed by atoms with Crippen molar-refractivity contribution >= 4 is 5.91 Å². The molecule has 3 rings (SSSR count). The number of carbonyl (C=O) groups is 1. The molecule has 0 bridgehead atoms. The van der Waals surface area contributed by atoms with Crippen LogP contribution in [0.15, 0.2) is 42.5 Å². The van der Waals surface area contributed by atoms with E-state index in [1.807, 2.05) is 12.1 Å². The maximum atomic E-state index is 12.4. The Labute approximate surface area is 141 Å². The van der Waals surface area contributed by atoms with Gasteiger partial charge >= 0.3 is 0 Å². The third-order valence-electron chi connectivity index (χ3n) is 4.14. The lowest BCUT2D eigenvalue weighted by molar-refractivity contribution is 0.0285. The number of carbonyl (C=O) groups excluding carboxylic acids is 1. The topological polar surface area (TPSA) is 56.8 Å². The standard InChI is InChI=1S/C19H21NO4/c1-22-16-8-15(9-17(10-16)23-2)19(21)20-11-18-7-13-5-3-4-6-14(13)12-24-18/h3-6,8-10,18H,7,11-12H2,1-2H3,(H,20,21)/t18-/m1/s1. The van der Waals surface area contributed by atoms with Gasteiger partial charge in [-0.25, -0.2) is 0 Å². The minimum absolute atomic E-state index is 0.0173. The van der Waals surface area contributed by atoms with E-state index in [4.69, 9.17) is 14.2 Å². The third-order valence-corrected chi connectivity index (χ3v) is 4.14. The summed E-state index contributed by atoms with van der Waals surface area (Å²) in [7, 11) is 3.12. The van der Waals surface area contributed by atoms with Crippen LogP contribution in [0.5, 0.6) is 11.5 Å². The highest BCUT2D eigenvalue weighted by Crippen LogP contribution is 2.23. The fourth-order valence-electron chi connectivity index (χ4n) is 2.79. The summed E-state index contributed by atoms with van der Waals surface area (Å²) < 4.78 is 16.2. The van der Waals surface area contributed by atoms with Crippen molar-refractivity contribution in [1.29, 1.82) is 0 Å². The van der Waals surface area contributed by atoms with Crippen LogP contribution >= 0.6 is 0 Å². The van der Waals surface area contributed by atoms with Crippen molar-refractivity contribution in [3.63, 3.8) is 0 Å². The Hall–Kier alpha value is -2.53. The molecule has 2 aromatic carbocycles. The molecule has 0 fully saturated rings. The van der Waals surface area contributed by atoms with Crippen LogP contribution < -0.4 is 14.8 Å². The molecule has 0 unspecified atom stereocenters. The van der Waals surface area contributed by atoms with E-state index in [0.29, 0.717) is 30.2 Å². The molecule has 0 aromatic heterocycles. The molecule has 24 heavy (non-hydrogen) atoms. The number of benzene rings is 2. The van der Waals surface area contributed by atoms with Gasteiger partial charge in [0.25, 0.3) is 5.91 Å². The highest BCUT2D eigenvalue weighted by molar-refractivity contribution is 5.95. The molecule has 1 N–H and O–H groups in total. The van der Waals surface area contributed by atoms with E-state index in [0.717, 1.165) is 6.42 Å². The molecule has 0 saturated heterocycles. The van der Waals surface area contributed by atoms with Crippen molar-refractivity contribution in [2.75, 3.05) is 20.8 Å². The van der Waals surface area contributed by atoms with Crippen LogP contribution in [0, 0.1) is 0 Å². The van der Waals surface area contributed by atoms with Crippen LogP contribution in [0.2, 0.25) is 0 Å². The first-order chi connectivity index (χ1) is 11.7. The zero-order valence-electron chi connectivity index (χ0n) is 13.9. The van der Waals surface area contributed by atoms with E-state index in [-0.39, 0.29) is 12.0 Å². The molecular formula is C19H21NO4. The quantitative estimate of drug-likeness (QED) is 0.917. The van der Waals surface area contributed by atoms with Gasteiger partial charge in [0, 0.05) is 24.6 Å². The summed E-state index contributed by atoms with van der Waals surface area (Å²) in [5.74, 6) is 0.999. The van der Waals surface area contributed by atoms with Gasteiger partial charge in [-0.3, -0.25) is 4.79 Å². The second-order valence-electron chi connectivity index (χ2n) is 5.72. The summed E-state index contributed by atoms with van der Waals surface area (Å²) in [6, 6.07) is 13.3. The van der Waals surface area contributed by atoms with Crippen LogP contribution in [-0.2, 0) is 17.8 Å². The van der Waals surface area contributed by atoms with Gasteiger partial charge in [-0.2, -0.15) is 0 Å². The molecule has 0 radical (unpaired) electrons. The summed E-state index contributed by atoms with van der Waals surface area (Å²) in [5, 5.41) is 2.93. The van der Waals surface area contributed by atoms with Gasteiger partial charge in [-0.15, -0.1) is 0 Å². The number of rotatable bonds is 5. The second-order valence-corrected chi connectivity index (χ2v) is 5.72. The van der Waals surface area contributed by atoms with E-state index in [1.165, 1.54) is 11.1 Å². The summed E-state index contributed by atoms with van der Waals surface area (Å²) in [5.41, 5.74) is 3.01. The van der Waals surface area contributed by atoms with Crippen molar-refractivity contribution in [3.05, 3.63) is 59.2 Å². The zero-order chi connectivity index (χ0) is 16.9. The molecule has 1 amide bonds. The smallest absolute Gasteiger partial charge is 0.251 e. The molecule has 2 aromatic rings. The Morgan fingerprint density at radius 1 is 1.12 bits per heavy atom. The number of hydrogen-bond donors (Lipinski definition) is 1. The molecule has 5 heteroatoms. The maximum Gasteiger partial charge on any atom is 0.251 e. The van der Waals surface area contributed by atoms with Crippen LogP contribution in [0.1, 0.15) is 21.5 Å². The SMILES string of the molecule is COc1cc(OC)cc(C(=O)NC[C@H]2Cc3ccccc3CO2)c1. The Bertz CT molecular complexity index is 707. The van der Waals surface area contributed by atoms with E-state index in [9.17, 15) is 4.79 Å². The lowest BCUT2D eigenvalue weighted by atomic mass is 9.99. The van der Waals surface area contributed by atoms with Gasteiger partial charge < -0.3 is 19.5 Å². The molecule has 0 saturated carbocycles. The monoisotopic (exact) mass is 327 g/mol. The van der Waals surface area contributed by atoms with E-state index >= 15 is 0 Å². The highest BCUT2D eigenvalue weighted by atomic mass is 16.5. The average molecular weight is 327 g/mol. The van der Waals surface area contributed by atoms with Gasteiger partial charge in [0.2, 0.25) is 0 Å². The van der Waals surface area contributed by atoms with Gasteiger partial charge in [0.1, 0.15) is 11.5 Å². The minimum atomic E-state index is -0.172. The van der Waals surface area contributed by atoms with Gasteiger partial charge in [-0.05, 0) is 23.3 Å². The first-order valence-corrected chi connectivity index (χ1v) is 7.89. The Morgan fingerprint density at radius 2 is 1.79 bits per heavy atom. The highest BCUT2D eigenvalue weighted by Gasteiger charge is 2.20. The predicted octanol–water partition coefficient (Wildman–Crippen LogP) is 2.58. The molecule has 126 valence electrons. The number of fused-ring (bicyclic) bond motifs is 1. The van der Waals surface area contributed by atoms with E-state index < -0.39 is 0 Å². The fraction of sp³-hybridized carbons (Fsp3) is 0.316. The third kappa shape index (κ3) is 3.68. The zero-order valence-corrected chi connectivity index (χ0v) is 13.9. The average Bonchev–Trinajstić information content (AvgIpc) is 2.65. The van der Waals surface area contributed by atoms with Crippen molar-refractivity contribution in [3.8, 4) is 11.5 Å². The maximum absolute atomic E-state index is 12.4. The van der Waals surface area contributed by atoms with Crippen LogP contribution in [0.3, 0.4) is 0 Å². The predicted molar refractivity (Wildman–Crippen MR) is 90.6 cm³/mol. The van der Waals surface area contributed by atoms with Crippen LogP contribution in [-0.4, -0.2) is 32.8 Å². The van der Waals surface area contributed by atoms with E-state index in [1.54, 1.807) is 32.4 Å². The van der Waals surface area contributed by atoms with Gasteiger partial charge in [0.05, 0.1) is 26.9 Å². The number of amides is 1. The van der Waals surface area contributed by atoms with E-state index in [2.05, 4.69) is 17.4 Å². The second kappa shape index (κ2) is 7.36. The largest absolute Gasteiger partial charge is 0.497 e. The summed E-state index contributed by atoms with van der Waals surface area (Å²) in [6.45, 7) is 1.05. The summed E-state index contributed by atoms with van der Waals surface area (Å²) in [6.07, 6.45) is 0.786. The van der Waals surface area contributed by atoms with Crippen molar-refractivity contribution in [1.82, 2.24) is 5.32 Å². The van der Waals surface area contributed by atoms with Crippen LogP contribution in [0.25, 0.3) is 0 Å². The number of ether oxygens (including phenoxy) is 3. The summed E-state index contributed by atoms with van der Waals surface area (Å²) in [4.78, 5) is 12.4. The lowest BCUT2D eigenvalue weighted by Crippen LogP contribution is -2.36. The van der Waals surface area contributed by atoms with Crippen molar-refractivity contribution in [2.24, 2.45) is 0 Å². The lowest BCUT2D eigenvalue weighted by Gasteiger charge is -2.25. The minimum Gasteiger partial charge on any atom is -0.497 e. The Kier molecular flexibility index (Phi) is 5.01. The number of hydrogen-bond acceptors (Lipinski definition) is 4.